The first kappa shape index (κ1) is 11.0. The largest absolute Gasteiger partial charge is 0.396 e. The molecule has 1 atom stereocenters. The number of anilines is 2. The molecule has 4 heteroatoms. The minimum atomic E-state index is 0.626. The van der Waals surface area contributed by atoms with Gasteiger partial charge in [0.25, 0.3) is 0 Å². The van der Waals surface area contributed by atoms with E-state index in [1.54, 1.807) is 0 Å². The number of hydrogen-bond donors (Lipinski definition) is 2. The van der Waals surface area contributed by atoms with Gasteiger partial charge < -0.3 is 11.1 Å². The van der Waals surface area contributed by atoms with Crippen molar-refractivity contribution in [2.75, 3.05) is 29.1 Å². The minimum Gasteiger partial charge on any atom is -0.396 e. The van der Waals surface area contributed by atoms with E-state index >= 15 is 0 Å². The number of benzene rings is 1. The Hall–Kier alpha value is -0.540. The van der Waals surface area contributed by atoms with Crippen molar-refractivity contribution in [2.45, 2.75) is 6.42 Å². The van der Waals surface area contributed by atoms with Gasteiger partial charge in [0.05, 0.1) is 16.4 Å². The van der Waals surface area contributed by atoms with Crippen LogP contribution >= 0.6 is 23.4 Å². The van der Waals surface area contributed by atoms with Gasteiger partial charge in [-0.3, -0.25) is 0 Å². The van der Waals surface area contributed by atoms with Crippen molar-refractivity contribution in [3.05, 3.63) is 23.2 Å². The van der Waals surface area contributed by atoms with Crippen molar-refractivity contribution >= 4 is 34.7 Å². The summed E-state index contributed by atoms with van der Waals surface area (Å²) in [6.45, 7) is 0.998. The summed E-state index contributed by atoms with van der Waals surface area (Å²) in [5.74, 6) is 3.32. The Labute approximate surface area is 99.6 Å². The number of para-hydroxylation sites is 1. The lowest BCUT2D eigenvalue weighted by Crippen LogP contribution is -2.14. The van der Waals surface area contributed by atoms with E-state index in [-0.39, 0.29) is 0 Å². The summed E-state index contributed by atoms with van der Waals surface area (Å²) in [4.78, 5) is 0. The third-order valence-corrected chi connectivity index (χ3v) is 4.22. The van der Waals surface area contributed by atoms with Crippen molar-refractivity contribution in [1.82, 2.24) is 0 Å². The molecule has 1 aromatic rings. The summed E-state index contributed by atoms with van der Waals surface area (Å²) in [5.41, 5.74) is 7.48. The second-order valence-corrected chi connectivity index (χ2v) is 5.37. The van der Waals surface area contributed by atoms with Crippen LogP contribution in [0.2, 0.25) is 5.02 Å². The molecule has 1 unspecified atom stereocenters. The maximum atomic E-state index is 5.94. The Bertz CT molecular complexity index is 337. The lowest BCUT2D eigenvalue weighted by molar-refractivity contribution is 0.632. The molecule has 1 aliphatic rings. The molecule has 1 fully saturated rings. The van der Waals surface area contributed by atoms with E-state index in [1.807, 2.05) is 30.0 Å². The van der Waals surface area contributed by atoms with Crippen LogP contribution in [-0.4, -0.2) is 18.1 Å². The second-order valence-electron chi connectivity index (χ2n) is 3.81. The molecule has 0 amide bonds. The number of halogens is 1. The predicted molar refractivity (Wildman–Crippen MR) is 69.8 cm³/mol. The van der Waals surface area contributed by atoms with E-state index in [1.165, 1.54) is 17.9 Å². The summed E-state index contributed by atoms with van der Waals surface area (Å²) < 4.78 is 0. The highest BCUT2D eigenvalue weighted by Crippen LogP contribution is 2.28. The normalized spacial score (nSPS) is 20.5. The highest BCUT2D eigenvalue weighted by molar-refractivity contribution is 7.99. The standard InChI is InChI=1S/C11H15ClN2S/c12-9-2-1-3-10(11(9)13)14-6-8-4-5-15-7-8/h1-3,8,14H,4-7,13H2. The summed E-state index contributed by atoms with van der Waals surface area (Å²) in [6, 6.07) is 5.71. The van der Waals surface area contributed by atoms with E-state index in [2.05, 4.69) is 5.32 Å². The maximum absolute atomic E-state index is 5.94. The van der Waals surface area contributed by atoms with Gasteiger partial charge in [-0.25, -0.2) is 0 Å². The SMILES string of the molecule is Nc1c(Cl)cccc1NCC1CCSC1. The van der Waals surface area contributed by atoms with Crippen LogP contribution in [0.15, 0.2) is 18.2 Å². The first-order valence-corrected chi connectivity index (χ1v) is 6.66. The Morgan fingerprint density at radius 1 is 1.53 bits per heavy atom. The van der Waals surface area contributed by atoms with Crippen molar-refractivity contribution in [2.24, 2.45) is 5.92 Å². The molecular weight excluding hydrogens is 228 g/mol. The van der Waals surface area contributed by atoms with E-state index in [0.29, 0.717) is 10.7 Å². The zero-order chi connectivity index (χ0) is 10.7. The van der Waals surface area contributed by atoms with Gasteiger partial charge in [0.15, 0.2) is 0 Å². The zero-order valence-electron chi connectivity index (χ0n) is 8.50. The quantitative estimate of drug-likeness (QED) is 0.800. The monoisotopic (exact) mass is 242 g/mol. The molecule has 2 nitrogen and oxygen atoms in total. The first-order chi connectivity index (χ1) is 7.27. The van der Waals surface area contributed by atoms with Crippen molar-refractivity contribution in [3.8, 4) is 0 Å². The van der Waals surface area contributed by atoms with Crippen LogP contribution in [0.3, 0.4) is 0 Å². The van der Waals surface area contributed by atoms with Gasteiger partial charge in [0, 0.05) is 6.54 Å². The molecule has 0 bridgehead atoms. The molecule has 15 heavy (non-hydrogen) atoms. The maximum Gasteiger partial charge on any atom is 0.0739 e. The molecule has 1 heterocycles. The Morgan fingerprint density at radius 3 is 3.13 bits per heavy atom. The van der Waals surface area contributed by atoms with Crippen LogP contribution in [0.5, 0.6) is 0 Å². The lowest BCUT2D eigenvalue weighted by Gasteiger charge is -2.13. The first-order valence-electron chi connectivity index (χ1n) is 5.13. The van der Waals surface area contributed by atoms with E-state index in [0.717, 1.165) is 18.2 Å². The van der Waals surface area contributed by atoms with Crippen molar-refractivity contribution in [3.63, 3.8) is 0 Å². The number of nitrogens with one attached hydrogen (secondary N) is 1. The number of thioether (sulfide) groups is 1. The van der Waals surface area contributed by atoms with Gasteiger partial charge in [-0.1, -0.05) is 17.7 Å². The van der Waals surface area contributed by atoms with Crippen LogP contribution in [0.25, 0.3) is 0 Å². The molecule has 0 spiro atoms. The molecule has 3 N–H and O–H groups in total. The van der Waals surface area contributed by atoms with Gasteiger partial charge in [-0.05, 0) is 36.0 Å². The third-order valence-electron chi connectivity index (χ3n) is 2.66. The fourth-order valence-corrected chi connectivity index (χ4v) is 3.15. The second kappa shape index (κ2) is 4.99. The number of nitrogen functional groups attached to an aromatic ring is 1. The molecular formula is C11H15ClN2S. The Morgan fingerprint density at radius 2 is 2.40 bits per heavy atom. The summed E-state index contributed by atoms with van der Waals surface area (Å²) in [7, 11) is 0. The molecule has 0 saturated carbocycles. The molecule has 0 aromatic heterocycles. The molecule has 1 saturated heterocycles. The van der Waals surface area contributed by atoms with Gasteiger partial charge in [0.1, 0.15) is 0 Å². The van der Waals surface area contributed by atoms with Crippen LogP contribution < -0.4 is 11.1 Å². The van der Waals surface area contributed by atoms with E-state index in [4.69, 9.17) is 17.3 Å². The zero-order valence-corrected chi connectivity index (χ0v) is 10.1. The average Bonchev–Trinajstić information content (AvgIpc) is 2.73. The summed E-state index contributed by atoms with van der Waals surface area (Å²) in [6.07, 6.45) is 1.30. The van der Waals surface area contributed by atoms with Crippen molar-refractivity contribution < 1.29 is 0 Å². The lowest BCUT2D eigenvalue weighted by atomic mass is 10.1. The highest BCUT2D eigenvalue weighted by Gasteiger charge is 2.15. The van der Waals surface area contributed by atoms with Gasteiger partial charge in [0.2, 0.25) is 0 Å². The van der Waals surface area contributed by atoms with E-state index < -0.39 is 0 Å². The summed E-state index contributed by atoms with van der Waals surface area (Å²) in [5, 5.41) is 4.00. The smallest absolute Gasteiger partial charge is 0.0739 e. The highest BCUT2D eigenvalue weighted by atomic mass is 35.5. The van der Waals surface area contributed by atoms with Gasteiger partial charge in [-0.15, -0.1) is 0 Å². The summed E-state index contributed by atoms with van der Waals surface area (Å²) >= 11 is 7.97. The molecule has 2 rings (SSSR count). The third kappa shape index (κ3) is 2.73. The number of rotatable bonds is 3. The molecule has 0 radical (unpaired) electrons. The minimum absolute atomic E-state index is 0.626. The molecule has 1 aromatic carbocycles. The van der Waals surface area contributed by atoms with Crippen molar-refractivity contribution in [1.29, 1.82) is 0 Å². The van der Waals surface area contributed by atoms with Crippen LogP contribution in [0.4, 0.5) is 11.4 Å². The fraction of sp³-hybridized carbons (Fsp3) is 0.455. The number of hydrogen-bond acceptors (Lipinski definition) is 3. The van der Waals surface area contributed by atoms with Crippen LogP contribution in [0, 0.1) is 5.92 Å². The fourth-order valence-electron chi connectivity index (χ4n) is 1.69. The van der Waals surface area contributed by atoms with Gasteiger partial charge >= 0.3 is 0 Å². The Kier molecular flexibility index (Phi) is 3.65. The average molecular weight is 243 g/mol. The molecule has 0 aliphatic carbocycles. The Balaban J connectivity index is 1.95. The van der Waals surface area contributed by atoms with Gasteiger partial charge in [-0.2, -0.15) is 11.8 Å². The van der Waals surface area contributed by atoms with Crippen LogP contribution in [-0.2, 0) is 0 Å². The van der Waals surface area contributed by atoms with Crippen LogP contribution in [0.1, 0.15) is 6.42 Å². The predicted octanol–water partition coefficient (Wildman–Crippen LogP) is 3.09. The topological polar surface area (TPSA) is 38.0 Å². The molecule has 82 valence electrons. The van der Waals surface area contributed by atoms with E-state index in [9.17, 15) is 0 Å². The number of nitrogens with two attached hydrogens (primary N) is 1. The molecule has 1 aliphatic heterocycles.